The number of aliphatic hydroxyl groups excluding tert-OH is 1. The summed E-state index contributed by atoms with van der Waals surface area (Å²) >= 11 is 1.72. The number of aliphatic hydroxyl groups is 1. The number of hydrogen-bond donors (Lipinski definition) is 2. The minimum absolute atomic E-state index is 0.0529. The summed E-state index contributed by atoms with van der Waals surface area (Å²) in [5, 5.41) is 9.24. The molecular weight excluding hydrogens is 242 g/mol. The number of benzene rings is 1. The van der Waals surface area contributed by atoms with E-state index in [-0.39, 0.29) is 17.9 Å². The topological polar surface area (TPSA) is 46.2 Å². The van der Waals surface area contributed by atoms with E-state index >= 15 is 0 Å². The van der Waals surface area contributed by atoms with Crippen LogP contribution in [0, 0.1) is 5.92 Å². The van der Waals surface area contributed by atoms with Crippen LogP contribution in [-0.2, 0) is 6.42 Å². The Bertz CT molecular complexity index is 337. The van der Waals surface area contributed by atoms with Gasteiger partial charge in [-0.25, -0.2) is 0 Å². The van der Waals surface area contributed by atoms with Crippen molar-refractivity contribution in [3.63, 3.8) is 0 Å². The molecule has 1 rings (SSSR count). The molecule has 0 radical (unpaired) electrons. The van der Waals surface area contributed by atoms with E-state index in [4.69, 9.17) is 10.8 Å². The summed E-state index contributed by atoms with van der Waals surface area (Å²) < 4.78 is 0. The van der Waals surface area contributed by atoms with Crippen LogP contribution in [0.25, 0.3) is 0 Å². The number of nitrogens with two attached hydrogens (primary N) is 1. The first kappa shape index (κ1) is 15.5. The number of rotatable bonds is 7. The highest BCUT2D eigenvalue weighted by Crippen LogP contribution is 2.20. The average Bonchev–Trinajstić information content (AvgIpc) is 2.35. The molecule has 3 N–H and O–H groups in total. The SMILES string of the molecule is CC(C)Cc1ccc(C(N)CSC(C)CO)cc1. The van der Waals surface area contributed by atoms with Gasteiger partial charge in [0.15, 0.2) is 0 Å². The molecule has 2 unspecified atom stereocenters. The molecule has 3 heteroatoms. The number of thioether (sulfide) groups is 1. The van der Waals surface area contributed by atoms with Gasteiger partial charge in [0.1, 0.15) is 0 Å². The van der Waals surface area contributed by atoms with Crippen molar-refractivity contribution in [3.05, 3.63) is 35.4 Å². The van der Waals surface area contributed by atoms with E-state index in [9.17, 15) is 0 Å². The summed E-state index contributed by atoms with van der Waals surface area (Å²) in [6.07, 6.45) is 1.12. The van der Waals surface area contributed by atoms with Gasteiger partial charge in [-0.2, -0.15) is 11.8 Å². The van der Waals surface area contributed by atoms with Crippen molar-refractivity contribution >= 4 is 11.8 Å². The highest BCUT2D eigenvalue weighted by molar-refractivity contribution is 7.99. The molecule has 2 atom stereocenters. The normalized spacial score (nSPS) is 14.8. The summed E-state index contributed by atoms with van der Waals surface area (Å²) in [4.78, 5) is 0. The van der Waals surface area contributed by atoms with Gasteiger partial charge in [-0.15, -0.1) is 0 Å². The van der Waals surface area contributed by atoms with Crippen LogP contribution >= 0.6 is 11.8 Å². The molecule has 0 saturated carbocycles. The summed E-state index contributed by atoms with van der Waals surface area (Å²) in [5.41, 5.74) is 8.70. The summed E-state index contributed by atoms with van der Waals surface area (Å²) in [6.45, 7) is 6.69. The van der Waals surface area contributed by atoms with E-state index in [1.54, 1.807) is 11.8 Å². The fraction of sp³-hybridized carbons (Fsp3) is 0.600. The van der Waals surface area contributed by atoms with Crippen molar-refractivity contribution in [2.45, 2.75) is 38.5 Å². The maximum absolute atomic E-state index is 8.98. The standard InChI is InChI=1S/C15H25NOS/c1-11(2)8-13-4-6-14(7-5-13)15(16)10-18-12(3)9-17/h4-7,11-12,15,17H,8-10,16H2,1-3H3. The molecular formula is C15H25NOS. The molecule has 0 heterocycles. The van der Waals surface area contributed by atoms with E-state index in [1.165, 1.54) is 11.1 Å². The smallest absolute Gasteiger partial charge is 0.0547 e. The van der Waals surface area contributed by atoms with Crippen molar-refractivity contribution in [1.29, 1.82) is 0 Å². The second kappa shape index (κ2) is 7.82. The maximum Gasteiger partial charge on any atom is 0.0547 e. The van der Waals surface area contributed by atoms with Crippen molar-refractivity contribution in [2.24, 2.45) is 11.7 Å². The van der Waals surface area contributed by atoms with Gasteiger partial charge in [-0.3, -0.25) is 0 Å². The Labute approximate surface area is 115 Å². The molecule has 0 bridgehead atoms. The molecule has 102 valence electrons. The molecule has 0 amide bonds. The van der Waals surface area contributed by atoms with Crippen LogP contribution in [0.5, 0.6) is 0 Å². The van der Waals surface area contributed by atoms with Gasteiger partial charge in [0.2, 0.25) is 0 Å². The van der Waals surface area contributed by atoms with Gasteiger partial charge in [0, 0.05) is 17.0 Å². The lowest BCUT2D eigenvalue weighted by Crippen LogP contribution is -2.15. The third kappa shape index (κ3) is 5.42. The van der Waals surface area contributed by atoms with Gasteiger partial charge >= 0.3 is 0 Å². The van der Waals surface area contributed by atoms with Crippen LogP contribution in [0.1, 0.15) is 37.9 Å². The first-order valence-electron chi connectivity index (χ1n) is 6.59. The number of hydrogen-bond acceptors (Lipinski definition) is 3. The first-order chi connectivity index (χ1) is 8.52. The zero-order chi connectivity index (χ0) is 13.5. The molecule has 1 aromatic carbocycles. The zero-order valence-corrected chi connectivity index (χ0v) is 12.4. The predicted molar refractivity (Wildman–Crippen MR) is 80.9 cm³/mol. The quantitative estimate of drug-likeness (QED) is 0.798. The monoisotopic (exact) mass is 267 g/mol. The minimum atomic E-state index is 0.0529. The second-order valence-corrected chi connectivity index (χ2v) is 6.74. The minimum Gasteiger partial charge on any atom is -0.395 e. The Morgan fingerprint density at radius 2 is 1.78 bits per heavy atom. The molecule has 0 saturated heterocycles. The maximum atomic E-state index is 8.98. The zero-order valence-electron chi connectivity index (χ0n) is 11.6. The van der Waals surface area contributed by atoms with E-state index in [0.717, 1.165) is 12.2 Å². The van der Waals surface area contributed by atoms with Crippen molar-refractivity contribution in [3.8, 4) is 0 Å². The molecule has 0 aliphatic rings. The third-order valence-electron chi connectivity index (χ3n) is 2.87. The molecule has 0 aliphatic carbocycles. The molecule has 0 spiro atoms. The fourth-order valence-electron chi connectivity index (χ4n) is 1.79. The lowest BCUT2D eigenvalue weighted by atomic mass is 10.0. The van der Waals surface area contributed by atoms with E-state index in [0.29, 0.717) is 5.92 Å². The Morgan fingerprint density at radius 3 is 2.28 bits per heavy atom. The summed E-state index contributed by atoms with van der Waals surface area (Å²) in [5.74, 6) is 1.54. The third-order valence-corrected chi connectivity index (χ3v) is 4.14. The predicted octanol–water partition coefficient (Wildman–Crippen LogP) is 3.00. The largest absolute Gasteiger partial charge is 0.395 e. The fourth-order valence-corrected chi connectivity index (χ4v) is 2.62. The van der Waals surface area contributed by atoms with Gasteiger partial charge in [-0.1, -0.05) is 45.0 Å². The van der Waals surface area contributed by atoms with E-state index in [1.807, 2.05) is 6.92 Å². The van der Waals surface area contributed by atoms with Crippen LogP contribution < -0.4 is 5.73 Å². The lowest BCUT2D eigenvalue weighted by Gasteiger charge is -2.15. The van der Waals surface area contributed by atoms with Crippen LogP contribution in [0.2, 0.25) is 0 Å². The molecule has 18 heavy (non-hydrogen) atoms. The van der Waals surface area contributed by atoms with Crippen LogP contribution in [0.3, 0.4) is 0 Å². The molecule has 0 aromatic heterocycles. The Morgan fingerprint density at radius 1 is 1.17 bits per heavy atom. The molecule has 0 fully saturated rings. The molecule has 1 aromatic rings. The summed E-state index contributed by atoms with van der Waals surface area (Å²) in [6, 6.07) is 8.67. The lowest BCUT2D eigenvalue weighted by molar-refractivity contribution is 0.300. The van der Waals surface area contributed by atoms with Gasteiger partial charge in [0.05, 0.1) is 6.61 Å². The Hall–Kier alpha value is -0.510. The van der Waals surface area contributed by atoms with Crippen LogP contribution in [0.4, 0.5) is 0 Å². The molecule has 0 aliphatic heterocycles. The van der Waals surface area contributed by atoms with Crippen molar-refractivity contribution in [2.75, 3.05) is 12.4 Å². The average molecular weight is 267 g/mol. The van der Waals surface area contributed by atoms with Gasteiger partial charge in [0.25, 0.3) is 0 Å². The van der Waals surface area contributed by atoms with Crippen LogP contribution in [0.15, 0.2) is 24.3 Å². The van der Waals surface area contributed by atoms with E-state index < -0.39 is 0 Å². The van der Waals surface area contributed by atoms with Crippen molar-refractivity contribution < 1.29 is 5.11 Å². The first-order valence-corrected chi connectivity index (χ1v) is 7.64. The van der Waals surface area contributed by atoms with E-state index in [2.05, 4.69) is 38.1 Å². The highest BCUT2D eigenvalue weighted by Gasteiger charge is 2.09. The summed E-state index contributed by atoms with van der Waals surface area (Å²) in [7, 11) is 0. The second-order valence-electron chi connectivity index (χ2n) is 5.27. The Balaban J connectivity index is 2.50. The highest BCUT2D eigenvalue weighted by atomic mass is 32.2. The van der Waals surface area contributed by atoms with Crippen LogP contribution in [-0.4, -0.2) is 22.7 Å². The molecule has 2 nitrogen and oxygen atoms in total. The van der Waals surface area contributed by atoms with Crippen molar-refractivity contribution in [1.82, 2.24) is 0 Å². The van der Waals surface area contributed by atoms with Gasteiger partial charge in [-0.05, 0) is 23.5 Å². The van der Waals surface area contributed by atoms with Gasteiger partial charge < -0.3 is 10.8 Å². The Kier molecular flexibility index (Phi) is 6.76.